The van der Waals surface area contributed by atoms with Crippen LogP contribution in [-0.2, 0) is 6.54 Å². The van der Waals surface area contributed by atoms with Crippen LogP contribution in [0.25, 0.3) is 0 Å². The van der Waals surface area contributed by atoms with E-state index in [0.29, 0.717) is 0 Å². The first-order chi connectivity index (χ1) is 7.63. The number of anilines is 1. The Bertz CT molecular complexity index is 346. The summed E-state index contributed by atoms with van der Waals surface area (Å²) in [5, 5.41) is 6.68. The highest BCUT2D eigenvalue weighted by Crippen LogP contribution is 2.35. The predicted octanol–water partition coefficient (Wildman–Crippen LogP) is 2.63. The summed E-state index contributed by atoms with van der Waals surface area (Å²) in [6.07, 6.45) is 2.56. The van der Waals surface area contributed by atoms with Crippen LogP contribution in [0, 0.1) is 0 Å². The van der Waals surface area contributed by atoms with Crippen molar-refractivity contribution in [2.45, 2.75) is 45.7 Å². The molecule has 4 heteroatoms. The van der Waals surface area contributed by atoms with Gasteiger partial charge in [0, 0.05) is 24.0 Å². The van der Waals surface area contributed by atoms with Gasteiger partial charge >= 0.3 is 0 Å². The molecule has 1 aromatic rings. The molecule has 0 amide bonds. The van der Waals surface area contributed by atoms with E-state index in [0.717, 1.165) is 19.6 Å². The molecule has 90 valence electrons. The van der Waals surface area contributed by atoms with E-state index in [1.54, 1.807) is 11.3 Å². The van der Waals surface area contributed by atoms with E-state index in [2.05, 4.69) is 36.4 Å². The summed E-state index contributed by atoms with van der Waals surface area (Å²) < 4.78 is 0. The molecule has 0 saturated carbocycles. The van der Waals surface area contributed by atoms with E-state index in [1.165, 1.54) is 23.7 Å². The van der Waals surface area contributed by atoms with E-state index in [9.17, 15) is 0 Å². The molecule has 0 atom stereocenters. The van der Waals surface area contributed by atoms with Crippen molar-refractivity contribution in [2.24, 2.45) is 0 Å². The number of rotatable bonds is 4. The highest BCUT2D eigenvalue weighted by atomic mass is 32.1. The molecular weight excluding hydrogens is 218 g/mol. The lowest BCUT2D eigenvalue weighted by molar-refractivity contribution is 0.517. The number of thiazole rings is 1. The average Bonchev–Trinajstić information content (AvgIpc) is 2.81. The van der Waals surface area contributed by atoms with Crippen LogP contribution in [-0.4, -0.2) is 23.6 Å². The second kappa shape index (κ2) is 4.72. The van der Waals surface area contributed by atoms with Gasteiger partial charge in [-0.3, -0.25) is 0 Å². The van der Waals surface area contributed by atoms with Crippen LogP contribution in [0.15, 0.2) is 5.38 Å². The van der Waals surface area contributed by atoms with Gasteiger partial charge in [-0.25, -0.2) is 4.98 Å². The van der Waals surface area contributed by atoms with Crippen molar-refractivity contribution in [3.8, 4) is 0 Å². The van der Waals surface area contributed by atoms with Crippen LogP contribution in [0.5, 0.6) is 0 Å². The Morgan fingerprint density at radius 2 is 2.38 bits per heavy atom. The van der Waals surface area contributed by atoms with Crippen LogP contribution in [0.1, 0.15) is 39.3 Å². The largest absolute Gasteiger partial charge is 0.343 e. The smallest absolute Gasteiger partial charge is 0.185 e. The standard InChI is InChI=1S/C12H21N3S/c1-4-13-8-10-9-16-11(14-10)15-7-5-6-12(15,2)3/h9,13H,4-8H2,1-3H3. The van der Waals surface area contributed by atoms with Gasteiger partial charge in [0.25, 0.3) is 0 Å². The van der Waals surface area contributed by atoms with Crippen molar-refractivity contribution >= 4 is 16.5 Å². The first-order valence-corrected chi connectivity index (χ1v) is 6.94. The summed E-state index contributed by atoms with van der Waals surface area (Å²) in [5.41, 5.74) is 1.46. The summed E-state index contributed by atoms with van der Waals surface area (Å²) in [4.78, 5) is 7.16. The Morgan fingerprint density at radius 1 is 1.56 bits per heavy atom. The van der Waals surface area contributed by atoms with Crippen LogP contribution in [0.4, 0.5) is 5.13 Å². The summed E-state index contributed by atoms with van der Waals surface area (Å²) in [6, 6.07) is 0. The Kier molecular flexibility index (Phi) is 3.50. The fraction of sp³-hybridized carbons (Fsp3) is 0.750. The van der Waals surface area contributed by atoms with Gasteiger partial charge in [-0.15, -0.1) is 11.3 Å². The van der Waals surface area contributed by atoms with Crippen LogP contribution in [0.2, 0.25) is 0 Å². The minimum atomic E-state index is 0.285. The van der Waals surface area contributed by atoms with Gasteiger partial charge in [0.2, 0.25) is 0 Å². The lowest BCUT2D eigenvalue weighted by atomic mass is 10.0. The number of aromatic nitrogens is 1. The second-order valence-corrected chi connectivity index (χ2v) is 5.81. The first kappa shape index (κ1) is 11.9. The molecule has 16 heavy (non-hydrogen) atoms. The fourth-order valence-electron chi connectivity index (χ4n) is 2.22. The van der Waals surface area contributed by atoms with Crippen LogP contribution < -0.4 is 10.2 Å². The Morgan fingerprint density at radius 3 is 3.00 bits per heavy atom. The van der Waals surface area contributed by atoms with Crippen LogP contribution in [0.3, 0.4) is 0 Å². The lowest BCUT2D eigenvalue weighted by Crippen LogP contribution is -2.38. The molecule has 2 heterocycles. The molecule has 1 fully saturated rings. The van der Waals surface area contributed by atoms with Crippen molar-refractivity contribution in [3.05, 3.63) is 11.1 Å². The molecule has 0 radical (unpaired) electrons. The summed E-state index contributed by atoms with van der Waals surface area (Å²) >= 11 is 1.77. The maximum absolute atomic E-state index is 4.71. The minimum absolute atomic E-state index is 0.285. The van der Waals surface area contributed by atoms with E-state index in [1.807, 2.05) is 0 Å². The molecular formula is C12H21N3S. The third-order valence-electron chi connectivity index (χ3n) is 3.23. The summed E-state index contributed by atoms with van der Waals surface area (Å²) in [5.74, 6) is 0. The van der Waals surface area contributed by atoms with Crippen molar-refractivity contribution in [1.29, 1.82) is 0 Å². The van der Waals surface area contributed by atoms with Crippen molar-refractivity contribution in [2.75, 3.05) is 18.0 Å². The van der Waals surface area contributed by atoms with Crippen LogP contribution >= 0.6 is 11.3 Å². The lowest BCUT2D eigenvalue weighted by Gasteiger charge is -2.31. The Balaban J connectivity index is 2.06. The molecule has 2 rings (SSSR count). The molecule has 0 aromatic carbocycles. The highest BCUT2D eigenvalue weighted by Gasteiger charge is 2.33. The van der Waals surface area contributed by atoms with E-state index < -0.39 is 0 Å². The number of hydrogen-bond acceptors (Lipinski definition) is 4. The Labute approximate surface area is 102 Å². The van der Waals surface area contributed by atoms with Crippen molar-refractivity contribution in [1.82, 2.24) is 10.3 Å². The molecule has 0 bridgehead atoms. The molecule has 1 aliphatic heterocycles. The van der Waals surface area contributed by atoms with Gasteiger partial charge in [-0.05, 0) is 33.2 Å². The summed E-state index contributed by atoms with van der Waals surface area (Å²) in [7, 11) is 0. The van der Waals surface area contributed by atoms with E-state index >= 15 is 0 Å². The van der Waals surface area contributed by atoms with E-state index in [4.69, 9.17) is 4.98 Å². The highest BCUT2D eigenvalue weighted by molar-refractivity contribution is 7.13. The monoisotopic (exact) mass is 239 g/mol. The molecule has 0 unspecified atom stereocenters. The van der Waals surface area contributed by atoms with Gasteiger partial charge in [0.05, 0.1) is 5.69 Å². The molecule has 1 aliphatic rings. The molecule has 3 nitrogen and oxygen atoms in total. The SMILES string of the molecule is CCNCc1csc(N2CCCC2(C)C)n1. The number of nitrogens with one attached hydrogen (secondary N) is 1. The number of hydrogen-bond donors (Lipinski definition) is 1. The van der Waals surface area contributed by atoms with Crippen molar-refractivity contribution < 1.29 is 0 Å². The van der Waals surface area contributed by atoms with Gasteiger partial charge in [-0.2, -0.15) is 0 Å². The second-order valence-electron chi connectivity index (χ2n) is 4.97. The predicted molar refractivity (Wildman–Crippen MR) is 70.2 cm³/mol. The zero-order chi connectivity index (χ0) is 11.6. The van der Waals surface area contributed by atoms with Gasteiger partial charge < -0.3 is 10.2 Å². The zero-order valence-corrected chi connectivity index (χ0v) is 11.2. The molecule has 1 aromatic heterocycles. The van der Waals surface area contributed by atoms with Gasteiger partial charge in [0.1, 0.15) is 0 Å². The average molecular weight is 239 g/mol. The molecule has 1 N–H and O–H groups in total. The Hall–Kier alpha value is -0.610. The zero-order valence-electron chi connectivity index (χ0n) is 10.4. The topological polar surface area (TPSA) is 28.2 Å². The third-order valence-corrected chi connectivity index (χ3v) is 4.14. The summed E-state index contributed by atoms with van der Waals surface area (Å²) in [6.45, 7) is 9.79. The third kappa shape index (κ3) is 2.38. The van der Waals surface area contributed by atoms with Gasteiger partial charge in [0.15, 0.2) is 5.13 Å². The molecule has 0 aliphatic carbocycles. The molecule has 1 saturated heterocycles. The maximum Gasteiger partial charge on any atom is 0.185 e. The first-order valence-electron chi connectivity index (χ1n) is 6.06. The minimum Gasteiger partial charge on any atom is -0.343 e. The quantitative estimate of drug-likeness (QED) is 0.875. The maximum atomic E-state index is 4.71. The van der Waals surface area contributed by atoms with Gasteiger partial charge in [-0.1, -0.05) is 6.92 Å². The fourth-order valence-corrected chi connectivity index (χ4v) is 3.23. The van der Waals surface area contributed by atoms with E-state index in [-0.39, 0.29) is 5.54 Å². The van der Waals surface area contributed by atoms with Crippen molar-refractivity contribution in [3.63, 3.8) is 0 Å². The normalized spacial score (nSPS) is 19.3. The number of nitrogens with zero attached hydrogens (tertiary/aromatic N) is 2. The molecule has 0 spiro atoms.